The Hall–Kier alpha value is -3.10. The van der Waals surface area contributed by atoms with E-state index in [4.69, 9.17) is 11.6 Å². The van der Waals surface area contributed by atoms with Gasteiger partial charge in [-0.1, -0.05) is 29.4 Å². The van der Waals surface area contributed by atoms with Crippen molar-refractivity contribution in [2.24, 2.45) is 4.99 Å². The lowest BCUT2D eigenvalue weighted by molar-refractivity contribution is -0.127. The Labute approximate surface area is 189 Å². The van der Waals surface area contributed by atoms with Crippen molar-refractivity contribution < 1.29 is 19.1 Å². The zero-order chi connectivity index (χ0) is 22.4. The number of anilines is 1. The fourth-order valence-electron chi connectivity index (χ4n) is 2.84. The Morgan fingerprint density at radius 1 is 1.23 bits per heavy atom. The molecule has 9 heteroatoms. The number of benzene rings is 2. The highest BCUT2D eigenvalue weighted by molar-refractivity contribution is 8.15. The van der Waals surface area contributed by atoms with Crippen LogP contribution in [0.5, 0.6) is 0 Å². The number of nitrogens with one attached hydrogen (secondary N) is 1. The molecule has 1 fully saturated rings. The molecule has 0 radical (unpaired) electrons. The van der Waals surface area contributed by atoms with Gasteiger partial charge in [0.2, 0.25) is 11.8 Å². The first-order valence-corrected chi connectivity index (χ1v) is 10.6. The third-order valence-electron chi connectivity index (χ3n) is 4.34. The molecular formula is C22H20ClN3O4S. The second kappa shape index (κ2) is 10.3. The zero-order valence-corrected chi connectivity index (χ0v) is 18.3. The zero-order valence-electron chi connectivity index (χ0n) is 16.7. The highest BCUT2D eigenvalue weighted by Gasteiger charge is 2.38. The largest absolute Gasteiger partial charge is 0.465 e. The quantitative estimate of drug-likeness (QED) is 0.495. The van der Waals surface area contributed by atoms with E-state index in [1.807, 2.05) is 0 Å². The molecule has 0 bridgehead atoms. The van der Waals surface area contributed by atoms with E-state index >= 15 is 0 Å². The normalized spacial score (nSPS) is 17.0. The molecule has 0 saturated carbocycles. The maximum absolute atomic E-state index is 12.8. The number of methoxy groups -OCH3 is 1. The van der Waals surface area contributed by atoms with Crippen molar-refractivity contribution in [3.05, 3.63) is 71.8 Å². The number of amides is 2. The maximum Gasteiger partial charge on any atom is 0.337 e. The number of carbonyl (C=O) groups is 3. The minimum absolute atomic E-state index is 0.0183. The summed E-state index contributed by atoms with van der Waals surface area (Å²) < 4.78 is 4.65. The number of carbonyl (C=O) groups excluding carboxylic acids is 3. The fraction of sp³-hybridized carbons (Fsp3) is 0.182. The van der Waals surface area contributed by atoms with Crippen LogP contribution in [0, 0.1) is 0 Å². The summed E-state index contributed by atoms with van der Waals surface area (Å²) in [4.78, 5) is 42.8. The Kier molecular flexibility index (Phi) is 7.49. The lowest BCUT2D eigenvalue weighted by Gasteiger charge is -2.13. The lowest BCUT2D eigenvalue weighted by atomic mass is 10.2. The number of thioether (sulfide) groups is 1. The molecule has 1 aliphatic heterocycles. The summed E-state index contributed by atoms with van der Waals surface area (Å²) in [7, 11) is 1.30. The molecule has 1 unspecified atom stereocenters. The van der Waals surface area contributed by atoms with Crippen LogP contribution in [-0.2, 0) is 14.3 Å². The Balaban J connectivity index is 1.68. The van der Waals surface area contributed by atoms with Crippen LogP contribution < -0.4 is 5.32 Å². The molecule has 7 nitrogen and oxygen atoms in total. The minimum Gasteiger partial charge on any atom is -0.465 e. The van der Waals surface area contributed by atoms with E-state index in [0.29, 0.717) is 33.7 Å². The molecule has 31 heavy (non-hydrogen) atoms. The van der Waals surface area contributed by atoms with Crippen molar-refractivity contribution in [3.63, 3.8) is 0 Å². The van der Waals surface area contributed by atoms with Gasteiger partial charge in [0.05, 0.1) is 18.4 Å². The van der Waals surface area contributed by atoms with E-state index in [0.717, 1.165) is 0 Å². The van der Waals surface area contributed by atoms with Gasteiger partial charge in [0, 0.05) is 23.7 Å². The number of hydrogen-bond donors (Lipinski definition) is 1. The number of nitrogens with zero attached hydrogens (tertiary/aromatic N) is 2. The summed E-state index contributed by atoms with van der Waals surface area (Å²) in [6.45, 7) is 3.99. The van der Waals surface area contributed by atoms with Crippen LogP contribution in [0.1, 0.15) is 16.8 Å². The first kappa shape index (κ1) is 22.6. The first-order chi connectivity index (χ1) is 14.9. The molecule has 2 amide bonds. The van der Waals surface area contributed by atoms with E-state index in [2.05, 4.69) is 21.6 Å². The Bertz CT molecular complexity index is 1020. The predicted molar refractivity (Wildman–Crippen MR) is 123 cm³/mol. The van der Waals surface area contributed by atoms with E-state index < -0.39 is 11.2 Å². The van der Waals surface area contributed by atoms with Gasteiger partial charge in [-0.25, -0.2) is 9.79 Å². The van der Waals surface area contributed by atoms with Gasteiger partial charge in [-0.3, -0.25) is 14.5 Å². The number of halogens is 1. The van der Waals surface area contributed by atoms with E-state index in [1.54, 1.807) is 54.6 Å². The molecular weight excluding hydrogens is 438 g/mol. The summed E-state index contributed by atoms with van der Waals surface area (Å²) in [6.07, 6.45) is 1.59. The minimum atomic E-state index is -0.597. The second-order valence-corrected chi connectivity index (χ2v) is 8.14. The predicted octanol–water partition coefficient (Wildman–Crippen LogP) is 4.27. The maximum atomic E-state index is 12.8. The monoisotopic (exact) mass is 457 g/mol. The van der Waals surface area contributed by atoms with Crippen LogP contribution in [-0.4, -0.2) is 46.8 Å². The molecule has 0 spiro atoms. The Morgan fingerprint density at radius 3 is 2.52 bits per heavy atom. The molecule has 0 aliphatic carbocycles. The number of rotatable bonds is 7. The van der Waals surface area contributed by atoms with E-state index in [9.17, 15) is 14.4 Å². The van der Waals surface area contributed by atoms with Crippen molar-refractivity contribution in [2.45, 2.75) is 11.7 Å². The van der Waals surface area contributed by atoms with Gasteiger partial charge in [-0.2, -0.15) is 0 Å². The molecule has 2 aromatic carbocycles. The molecule has 1 aliphatic rings. The Morgan fingerprint density at radius 2 is 1.90 bits per heavy atom. The number of ether oxygens (including phenoxy) is 1. The summed E-state index contributed by atoms with van der Waals surface area (Å²) in [5.41, 5.74) is 1.56. The van der Waals surface area contributed by atoms with Crippen LogP contribution >= 0.6 is 23.4 Å². The van der Waals surface area contributed by atoms with Crippen molar-refractivity contribution in [2.75, 3.05) is 19.0 Å². The molecule has 2 aromatic rings. The summed E-state index contributed by atoms with van der Waals surface area (Å²) in [6, 6.07) is 13.3. The molecule has 3 rings (SSSR count). The topological polar surface area (TPSA) is 88.1 Å². The van der Waals surface area contributed by atoms with Gasteiger partial charge in [0.1, 0.15) is 5.25 Å². The number of esters is 1. The third-order valence-corrected chi connectivity index (χ3v) is 5.77. The number of hydrogen-bond acceptors (Lipinski definition) is 6. The van der Waals surface area contributed by atoms with Gasteiger partial charge in [0.25, 0.3) is 0 Å². The molecule has 1 N–H and O–H groups in total. The van der Waals surface area contributed by atoms with Crippen LogP contribution in [0.15, 0.2) is 66.2 Å². The molecule has 1 saturated heterocycles. The van der Waals surface area contributed by atoms with Crippen molar-refractivity contribution >= 4 is 57.7 Å². The smallest absolute Gasteiger partial charge is 0.337 e. The first-order valence-electron chi connectivity index (χ1n) is 9.32. The molecule has 0 aromatic heterocycles. The standard InChI is InChI=1S/C22H20ClN3O4S/c1-3-12-26-20(28)18(31-22(26)25-17-10-6-15(23)7-11-17)13-19(27)24-16-8-4-14(5-9-16)21(29)30-2/h3-11,18H,1,12-13H2,2H3,(H,24,27). The van der Waals surface area contributed by atoms with Crippen LogP contribution in [0.3, 0.4) is 0 Å². The van der Waals surface area contributed by atoms with Gasteiger partial charge >= 0.3 is 5.97 Å². The van der Waals surface area contributed by atoms with Crippen molar-refractivity contribution in [3.8, 4) is 0 Å². The molecule has 1 heterocycles. The average Bonchev–Trinajstić information content (AvgIpc) is 3.04. The highest BCUT2D eigenvalue weighted by atomic mass is 35.5. The fourth-order valence-corrected chi connectivity index (χ4v) is 4.13. The SMILES string of the molecule is C=CCN1C(=O)C(CC(=O)Nc2ccc(C(=O)OC)cc2)SC1=Nc1ccc(Cl)cc1. The van der Waals surface area contributed by atoms with E-state index in [1.165, 1.54) is 23.8 Å². The average molecular weight is 458 g/mol. The molecule has 1 atom stereocenters. The van der Waals surface area contributed by atoms with E-state index in [-0.39, 0.29) is 18.2 Å². The van der Waals surface area contributed by atoms with Gasteiger partial charge in [-0.05, 0) is 48.5 Å². The summed E-state index contributed by atoms with van der Waals surface area (Å²) in [5, 5.41) is 3.25. The van der Waals surface area contributed by atoms with Gasteiger partial charge in [-0.15, -0.1) is 6.58 Å². The van der Waals surface area contributed by atoms with Crippen LogP contribution in [0.2, 0.25) is 5.02 Å². The van der Waals surface area contributed by atoms with Crippen molar-refractivity contribution in [1.82, 2.24) is 4.90 Å². The lowest BCUT2D eigenvalue weighted by Crippen LogP contribution is -2.33. The molecule has 160 valence electrons. The third kappa shape index (κ3) is 5.74. The highest BCUT2D eigenvalue weighted by Crippen LogP contribution is 2.32. The number of amidine groups is 1. The second-order valence-electron chi connectivity index (χ2n) is 6.54. The van der Waals surface area contributed by atoms with Gasteiger partial charge < -0.3 is 10.1 Å². The summed E-state index contributed by atoms with van der Waals surface area (Å²) in [5.74, 6) is -0.975. The van der Waals surface area contributed by atoms with Gasteiger partial charge in [0.15, 0.2) is 5.17 Å². The van der Waals surface area contributed by atoms with Crippen LogP contribution in [0.25, 0.3) is 0 Å². The van der Waals surface area contributed by atoms with Crippen molar-refractivity contribution in [1.29, 1.82) is 0 Å². The summed E-state index contributed by atoms with van der Waals surface area (Å²) >= 11 is 7.15. The van der Waals surface area contributed by atoms with Crippen LogP contribution in [0.4, 0.5) is 11.4 Å². The number of aliphatic imine (C=N–C) groups is 1.